The Bertz CT molecular complexity index is 515. The predicted molar refractivity (Wildman–Crippen MR) is 57.5 cm³/mol. The van der Waals surface area contributed by atoms with Crippen molar-refractivity contribution in [2.75, 3.05) is 4.90 Å². The Hall–Kier alpha value is -1.59. The quantitative estimate of drug-likeness (QED) is 0.615. The number of nitrogens with zero attached hydrogens (tertiary/aromatic N) is 1. The first-order valence-corrected chi connectivity index (χ1v) is 4.91. The smallest absolute Gasteiger partial charge is 0.269 e. The van der Waals surface area contributed by atoms with Gasteiger partial charge in [-0.15, -0.1) is 0 Å². The van der Waals surface area contributed by atoms with Gasteiger partial charge in [-0.3, -0.25) is 14.9 Å². The van der Waals surface area contributed by atoms with E-state index in [1.54, 1.807) is 0 Å². The number of hydrogen-bond acceptors (Lipinski definition) is 3. The summed E-state index contributed by atoms with van der Waals surface area (Å²) in [6, 6.07) is 3.41. The molecule has 1 aliphatic rings. The van der Waals surface area contributed by atoms with Gasteiger partial charge in [-0.2, -0.15) is 0 Å². The normalized spacial score (nSPS) is 15.6. The van der Waals surface area contributed by atoms with E-state index in [0.29, 0.717) is 9.92 Å². The van der Waals surface area contributed by atoms with Crippen molar-refractivity contribution in [1.82, 2.24) is 5.32 Å². The standard InChI is InChI=1S/C9H4Cl2N2O3/c10-4-1-2-6(5(11)3-4)13-8(15)7(14)12-9(13)16/h1-3H,(H,12,14,16). The molecule has 16 heavy (non-hydrogen) atoms. The Kier molecular flexibility index (Phi) is 2.57. The molecule has 0 bridgehead atoms. The second-order valence-corrected chi connectivity index (χ2v) is 3.84. The van der Waals surface area contributed by atoms with E-state index in [4.69, 9.17) is 23.2 Å². The summed E-state index contributed by atoms with van der Waals surface area (Å²) in [5.74, 6) is -1.94. The van der Waals surface area contributed by atoms with Crippen LogP contribution < -0.4 is 10.2 Å². The number of nitrogens with one attached hydrogen (secondary N) is 1. The Morgan fingerprint density at radius 2 is 1.81 bits per heavy atom. The summed E-state index contributed by atoms with van der Waals surface area (Å²) in [4.78, 5) is 34.3. The average Bonchev–Trinajstić information content (AvgIpc) is 2.43. The van der Waals surface area contributed by atoms with Gasteiger partial charge < -0.3 is 0 Å². The van der Waals surface area contributed by atoms with Gasteiger partial charge >= 0.3 is 17.8 Å². The Labute approximate surface area is 99.9 Å². The summed E-state index contributed by atoms with van der Waals surface area (Å²) in [5, 5.41) is 2.35. The third-order valence-electron chi connectivity index (χ3n) is 1.97. The predicted octanol–water partition coefficient (Wildman–Crippen LogP) is 1.58. The van der Waals surface area contributed by atoms with E-state index < -0.39 is 17.8 Å². The zero-order valence-electron chi connectivity index (χ0n) is 7.66. The fraction of sp³-hybridized carbons (Fsp3) is 0. The van der Waals surface area contributed by atoms with Crippen LogP contribution in [0.15, 0.2) is 18.2 Å². The highest BCUT2D eigenvalue weighted by molar-refractivity contribution is 6.54. The van der Waals surface area contributed by atoms with Crippen molar-refractivity contribution >= 4 is 46.7 Å². The number of carbonyl (C=O) groups excluding carboxylic acids is 3. The van der Waals surface area contributed by atoms with E-state index in [2.05, 4.69) is 0 Å². The number of benzene rings is 1. The minimum absolute atomic E-state index is 0.116. The molecule has 4 amide bonds. The number of hydrogen-bond donors (Lipinski definition) is 1. The lowest BCUT2D eigenvalue weighted by Gasteiger charge is -2.12. The first-order chi connectivity index (χ1) is 7.50. The summed E-state index contributed by atoms with van der Waals surface area (Å²) < 4.78 is 0. The van der Waals surface area contributed by atoms with E-state index in [1.165, 1.54) is 18.2 Å². The summed E-state index contributed by atoms with van der Waals surface area (Å²) >= 11 is 11.5. The molecule has 0 unspecified atom stereocenters. The maximum absolute atomic E-state index is 11.4. The van der Waals surface area contributed by atoms with Crippen LogP contribution in [0, 0.1) is 0 Å². The van der Waals surface area contributed by atoms with Crippen LogP contribution in [0.3, 0.4) is 0 Å². The van der Waals surface area contributed by atoms with Crippen molar-refractivity contribution in [3.63, 3.8) is 0 Å². The van der Waals surface area contributed by atoms with Gasteiger partial charge in [0.25, 0.3) is 0 Å². The molecule has 1 aromatic rings. The molecule has 0 aliphatic carbocycles. The van der Waals surface area contributed by atoms with Crippen LogP contribution in [0.5, 0.6) is 0 Å². The van der Waals surface area contributed by atoms with Crippen LogP contribution in [0.25, 0.3) is 0 Å². The van der Waals surface area contributed by atoms with Crippen molar-refractivity contribution in [3.8, 4) is 0 Å². The molecule has 1 heterocycles. The molecule has 1 saturated heterocycles. The molecule has 2 rings (SSSR count). The fourth-order valence-corrected chi connectivity index (χ4v) is 1.77. The van der Waals surface area contributed by atoms with Gasteiger partial charge in [0.2, 0.25) is 0 Å². The first-order valence-electron chi connectivity index (χ1n) is 4.15. The largest absolute Gasteiger partial charge is 0.336 e. The van der Waals surface area contributed by atoms with Gasteiger partial charge in [0.15, 0.2) is 0 Å². The Balaban J connectivity index is 2.48. The van der Waals surface area contributed by atoms with Gasteiger partial charge in [-0.05, 0) is 18.2 Å². The second kappa shape index (κ2) is 3.77. The molecule has 0 spiro atoms. The molecule has 0 radical (unpaired) electrons. The molecular weight excluding hydrogens is 255 g/mol. The number of halogens is 2. The molecule has 0 saturated carbocycles. The third-order valence-corrected chi connectivity index (χ3v) is 2.51. The van der Waals surface area contributed by atoms with Crippen LogP contribution in [-0.2, 0) is 9.59 Å². The van der Waals surface area contributed by atoms with Gasteiger partial charge in [0.05, 0.1) is 10.7 Å². The Morgan fingerprint density at radius 3 is 2.31 bits per heavy atom. The molecule has 82 valence electrons. The first kappa shape index (κ1) is 10.9. The monoisotopic (exact) mass is 258 g/mol. The van der Waals surface area contributed by atoms with E-state index in [-0.39, 0.29) is 10.7 Å². The molecule has 1 aliphatic heterocycles. The zero-order chi connectivity index (χ0) is 11.9. The number of anilines is 1. The third kappa shape index (κ3) is 1.64. The summed E-state index contributed by atoms with van der Waals surface area (Å²) in [6.45, 7) is 0. The molecule has 1 aromatic carbocycles. The topological polar surface area (TPSA) is 66.5 Å². The molecular formula is C9H4Cl2N2O3. The number of rotatable bonds is 1. The molecule has 5 nitrogen and oxygen atoms in total. The van der Waals surface area contributed by atoms with E-state index in [0.717, 1.165) is 0 Å². The van der Waals surface area contributed by atoms with Gasteiger partial charge in [0, 0.05) is 5.02 Å². The molecule has 1 fully saturated rings. The minimum Gasteiger partial charge on any atom is -0.269 e. The highest BCUT2D eigenvalue weighted by atomic mass is 35.5. The van der Waals surface area contributed by atoms with Crippen molar-refractivity contribution in [2.45, 2.75) is 0 Å². The zero-order valence-corrected chi connectivity index (χ0v) is 9.17. The summed E-state index contributed by atoms with van der Waals surface area (Å²) in [6.07, 6.45) is 0. The van der Waals surface area contributed by atoms with Gasteiger partial charge in [0.1, 0.15) is 0 Å². The lowest BCUT2D eigenvalue weighted by atomic mass is 10.3. The van der Waals surface area contributed by atoms with Crippen LogP contribution in [-0.4, -0.2) is 17.8 Å². The van der Waals surface area contributed by atoms with Gasteiger partial charge in [-0.1, -0.05) is 23.2 Å². The van der Waals surface area contributed by atoms with Crippen LogP contribution in [0.1, 0.15) is 0 Å². The lowest BCUT2D eigenvalue weighted by Crippen LogP contribution is -2.30. The highest BCUT2D eigenvalue weighted by Gasteiger charge is 2.38. The number of imide groups is 2. The minimum atomic E-state index is -0.976. The van der Waals surface area contributed by atoms with Crippen molar-refractivity contribution in [2.24, 2.45) is 0 Å². The molecule has 0 aromatic heterocycles. The number of amides is 4. The van der Waals surface area contributed by atoms with Crippen LogP contribution in [0.2, 0.25) is 10.0 Å². The number of carbonyl (C=O) groups is 3. The highest BCUT2D eigenvalue weighted by Crippen LogP contribution is 2.30. The Morgan fingerprint density at radius 1 is 1.12 bits per heavy atom. The summed E-state index contributed by atoms with van der Waals surface area (Å²) in [7, 11) is 0. The second-order valence-electron chi connectivity index (χ2n) is 3.00. The van der Waals surface area contributed by atoms with Gasteiger partial charge in [-0.25, -0.2) is 9.69 Å². The SMILES string of the molecule is O=C1NC(=O)N(c2ccc(Cl)cc2Cl)C1=O. The molecule has 0 atom stereocenters. The number of urea groups is 1. The lowest BCUT2D eigenvalue weighted by molar-refractivity contribution is -0.134. The maximum atomic E-state index is 11.4. The van der Waals surface area contributed by atoms with E-state index >= 15 is 0 Å². The summed E-state index contributed by atoms with van der Waals surface area (Å²) in [5.41, 5.74) is 0.124. The van der Waals surface area contributed by atoms with Crippen molar-refractivity contribution in [1.29, 1.82) is 0 Å². The molecule has 7 heteroatoms. The van der Waals surface area contributed by atoms with Crippen LogP contribution in [0.4, 0.5) is 10.5 Å². The van der Waals surface area contributed by atoms with E-state index in [1.807, 2.05) is 5.32 Å². The fourth-order valence-electron chi connectivity index (χ4n) is 1.28. The van der Waals surface area contributed by atoms with E-state index in [9.17, 15) is 14.4 Å². The van der Waals surface area contributed by atoms with Crippen LogP contribution >= 0.6 is 23.2 Å². The van der Waals surface area contributed by atoms with Crippen molar-refractivity contribution in [3.05, 3.63) is 28.2 Å². The molecule has 1 N–H and O–H groups in total. The van der Waals surface area contributed by atoms with Crippen molar-refractivity contribution < 1.29 is 14.4 Å². The maximum Gasteiger partial charge on any atom is 0.336 e. The average molecular weight is 259 g/mol.